The number of carbonyl (C=O) groups is 1. The molecule has 2 N–H and O–H groups in total. The van der Waals surface area contributed by atoms with E-state index < -0.39 is 23.2 Å². The maximum absolute atomic E-state index is 14.4. The molecule has 2 fully saturated rings. The topological polar surface area (TPSA) is 81.2 Å². The fourth-order valence-electron chi connectivity index (χ4n) is 6.34. The lowest BCUT2D eigenvalue weighted by atomic mass is 9.90. The highest BCUT2D eigenvalue weighted by Crippen LogP contribution is 2.41. The van der Waals surface area contributed by atoms with Gasteiger partial charge >= 0.3 is 0 Å². The lowest BCUT2D eigenvalue weighted by molar-refractivity contribution is -0.121. The second kappa shape index (κ2) is 13.8. The first-order valence-electron chi connectivity index (χ1n) is 14.2. The first-order chi connectivity index (χ1) is 19.0. The Morgan fingerprint density at radius 1 is 1.19 bits per heavy atom. The molecule has 4 heterocycles. The molecule has 0 aliphatic carbocycles. The standard InChI is InChI=1S/C30H41F2N5O3.2ClH/c1-18-12-35(22(11-33-18)13-36-19(2)15-40-16-20(36)3)14-26(38)37-17-30(4,5)29-25(37)9-21(10-34-29)28(39)23-7-6-8-24(31)27(23)32;;/h6-10,18-20,22,28,33,39H,11-17H2,1-5H3;2*1H/t18-,19-,20-,22-,28?;;/m1../s1. The predicted molar refractivity (Wildman–Crippen MR) is 164 cm³/mol. The molecule has 0 radical (unpaired) electrons. The normalized spacial score (nSPS) is 26.6. The van der Waals surface area contributed by atoms with Gasteiger partial charge in [-0.2, -0.15) is 0 Å². The van der Waals surface area contributed by atoms with E-state index in [1.165, 1.54) is 18.3 Å². The number of aliphatic hydroxyl groups is 1. The van der Waals surface area contributed by atoms with Crippen LogP contribution in [0.2, 0.25) is 0 Å². The quantitative estimate of drug-likeness (QED) is 0.505. The fourth-order valence-corrected chi connectivity index (χ4v) is 6.34. The Kier molecular flexibility index (Phi) is 11.4. The van der Waals surface area contributed by atoms with Crippen LogP contribution in [0.25, 0.3) is 0 Å². The second-order valence-electron chi connectivity index (χ2n) is 12.4. The monoisotopic (exact) mass is 629 g/mol. The Morgan fingerprint density at radius 2 is 1.88 bits per heavy atom. The maximum Gasteiger partial charge on any atom is 0.241 e. The average Bonchev–Trinajstić information content (AvgIpc) is 3.19. The van der Waals surface area contributed by atoms with Gasteiger partial charge in [-0.1, -0.05) is 26.0 Å². The van der Waals surface area contributed by atoms with Gasteiger partial charge in [-0.25, -0.2) is 8.78 Å². The van der Waals surface area contributed by atoms with Gasteiger partial charge in [0, 0.05) is 73.1 Å². The average molecular weight is 631 g/mol. The van der Waals surface area contributed by atoms with E-state index >= 15 is 0 Å². The predicted octanol–water partition coefficient (Wildman–Crippen LogP) is 3.68. The van der Waals surface area contributed by atoms with Crippen LogP contribution in [0.3, 0.4) is 0 Å². The summed E-state index contributed by atoms with van der Waals surface area (Å²) >= 11 is 0. The molecule has 3 aliphatic rings. The molecule has 0 saturated carbocycles. The van der Waals surface area contributed by atoms with Gasteiger partial charge in [0.05, 0.1) is 31.1 Å². The van der Waals surface area contributed by atoms with E-state index in [1.54, 1.807) is 11.0 Å². The molecule has 5 rings (SSSR count). The van der Waals surface area contributed by atoms with E-state index in [2.05, 4.69) is 40.9 Å². The van der Waals surface area contributed by atoms with Crippen molar-refractivity contribution in [1.82, 2.24) is 20.1 Å². The summed E-state index contributed by atoms with van der Waals surface area (Å²) in [7, 11) is 0. The summed E-state index contributed by atoms with van der Waals surface area (Å²) in [6, 6.07) is 6.47. The smallest absolute Gasteiger partial charge is 0.241 e. The van der Waals surface area contributed by atoms with E-state index in [0.29, 0.717) is 43.1 Å². The summed E-state index contributed by atoms with van der Waals surface area (Å²) in [5, 5.41) is 14.5. The van der Waals surface area contributed by atoms with Crippen LogP contribution in [0.5, 0.6) is 0 Å². The number of ether oxygens (including phenoxy) is 1. The largest absolute Gasteiger partial charge is 0.383 e. The van der Waals surface area contributed by atoms with Crippen molar-refractivity contribution >= 4 is 36.4 Å². The molecule has 1 aromatic carbocycles. The van der Waals surface area contributed by atoms with Gasteiger partial charge in [-0.3, -0.25) is 19.6 Å². The lowest BCUT2D eigenvalue weighted by Gasteiger charge is -2.46. The highest BCUT2D eigenvalue weighted by molar-refractivity contribution is 5.97. The third-order valence-corrected chi connectivity index (χ3v) is 8.60. The number of hydrogen-bond donors (Lipinski definition) is 2. The van der Waals surface area contributed by atoms with Gasteiger partial charge < -0.3 is 20.1 Å². The molecule has 1 aromatic heterocycles. The van der Waals surface area contributed by atoms with Crippen LogP contribution in [0, 0.1) is 11.6 Å². The van der Waals surface area contributed by atoms with Crippen molar-refractivity contribution < 1.29 is 23.4 Å². The van der Waals surface area contributed by atoms with Gasteiger partial charge in [-0.15, -0.1) is 24.8 Å². The molecule has 12 heteroatoms. The van der Waals surface area contributed by atoms with Crippen molar-refractivity contribution in [2.45, 2.75) is 70.3 Å². The zero-order valence-electron chi connectivity index (χ0n) is 24.8. The Balaban J connectivity index is 0.00000242. The van der Waals surface area contributed by atoms with Gasteiger partial charge in [0.15, 0.2) is 11.6 Å². The molecule has 2 aromatic rings. The van der Waals surface area contributed by atoms with E-state index in [9.17, 15) is 18.7 Å². The lowest BCUT2D eigenvalue weighted by Crippen LogP contribution is -2.63. The Morgan fingerprint density at radius 3 is 2.57 bits per heavy atom. The number of rotatable bonds is 6. The number of nitrogens with zero attached hydrogens (tertiary/aromatic N) is 4. The van der Waals surface area contributed by atoms with E-state index in [0.717, 1.165) is 31.4 Å². The van der Waals surface area contributed by atoms with E-state index in [1.807, 2.05) is 13.8 Å². The fraction of sp³-hybridized carbons (Fsp3) is 0.600. The van der Waals surface area contributed by atoms with Crippen molar-refractivity contribution in [3.63, 3.8) is 0 Å². The number of carbonyl (C=O) groups excluding carboxylic acids is 1. The maximum atomic E-state index is 14.4. The van der Waals surface area contributed by atoms with Crippen LogP contribution in [0.4, 0.5) is 14.5 Å². The summed E-state index contributed by atoms with van der Waals surface area (Å²) in [5.41, 5.74) is 1.10. The molecular formula is C30H43Cl2F2N5O3. The number of nitrogens with one attached hydrogen (secondary N) is 1. The minimum atomic E-state index is -1.41. The number of hydrogen-bond acceptors (Lipinski definition) is 7. The SMILES string of the molecule is C[C@@H]1CN(CC(=O)N2CC(C)(C)c3ncc(C(O)c4cccc(F)c4F)cc32)[C@@H](CN2[C@H](C)COC[C@H]2C)CN1.Cl.Cl. The molecule has 42 heavy (non-hydrogen) atoms. The highest BCUT2D eigenvalue weighted by Gasteiger charge is 2.41. The second-order valence-corrected chi connectivity index (χ2v) is 12.4. The minimum Gasteiger partial charge on any atom is -0.383 e. The van der Waals surface area contributed by atoms with Crippen LogP contribution in [-0.2, 0) is 14.9 Å². The first-order valence-corrected chi connectivity index (χ1v) is 14.2. The van der Waals surface area contributed by atoms with Gasteiger partial charge in [0.2, 0.25) is 5.91 Å². The minimum absolute atomic E-state index is 0. The summed E-state index contributed by atoms with van der Waals surface area (Å²) in [6.45, 7) is 15.1. The summed E-state index contributed by atoms with van der Waals surface area (Å²) in [6.07, 6.45) is 0.0764. The molecule has 2 saturated heterocycles. The number of piperazine rings is 1. The number of benzene rings is 1. The van der Waals surface area contributed by atoms with E-state index in [-0.39, 0.29) is 54.9 Å². The third-order valence-electron chi connectivity index (χ3n) is 8.60. The Hall–Kier alpha value is -1.92. The van der Waals surface area contributed by atoms with Crippen LogP contribution in [0.15, 0.2) is 30.5 Å². The Labute approximate surface area is 259 Å². The Bertz CT molecular complexity index is 1250. The van der Waals surface area contributed by atoms with Crippen molar-refractivity contribution in [3.8, 4) is 0 Å². The van der Waals surface area contributed by atoms with Crippen LogP contribution in [0.1, 0.15) is 57.5 Å². The molecule has 0 bridgehead atoms. The van der Waals surface area contributed by atoms with Crippen molar-refractivity contribution in [3.05, 3.63) is 58.9 Å². The van der Waals surface area contributed by atoms with Gasteiger partial charge in [0.25, 0.3) is 0 Å². The van der Waals surface area contributed by atoms with E-state index in [4.69, 9.17) is 4.74 Å². The van der Waals surface area contributed by atoms with Crippen LogP contribution >= 0.6 is 24.8 Å². The molecule has 0 spiro atoms. The molecule has 3 aliphatic heterocycles. The molecule has 8 nitrogen and oxygen atoms in total. The van der Waals surface area contributed by atoms with Crippen LogP contribution < -0.4 is 10.2 Å². The van der Waals surface area contributed by atoms with Gasteiger partial charge in [0.1, 0.15) is 6.10 Å². The molecule has 1 amide bonds. The molecular weight excluding hydrogens is 587 g/mol. The van der Waals surface area contributed by atoms with Crippen LogP contribution in [-0.4, -0.2) is 95.9 Å². The number of aliphatic hydroxyl groups excluding tert-OH is 1. The molecule has 5 atom stereocenters. The summed E-state index contributed by atoms with van der Waals surface area (Å²) in [4.78, 5) is 25.0. The third kappa shape index (κ3) is 6.90. The first kappa shape index (κ1) is 34.6. The van der Waals surface area contributed by atoms with Crippen molar-refractivity contribution in [2.75, 3.05) is 50.8 Å². The number of aromatic nitrogens is 1. The number of anilines is 1. The van der Waals surface area contributed by atoms with Crippen molar-refractivity contribution in [2.24, 2.45) is 0 Å². The number of halogens is 4. The molecule has 234 valence electrons. The van der Waals surface area contributed by atoms with Crippen molar-refractivity contribution in [1.29, 1.82) is 0 Å². The zero-order chi connectivity index (χ0) is 28.8. The number of fused-ring (bicyclic) bond motifs is 1. The molecule has 1 unspecified atom stereocenters. The number of pyridine rings is 1. The number of amides is 1. The summed E-state index contributed by atoms with van der Waals surface area (Å²) in [5.74, 6) is -2.16. The van der Waals surface area contributed by atoms with Gasteiger partial charge in [-0.05, 0) is 32.9 Å². The number of morpholine rings is 1. The zero-order valence-corrected chi connectivity index (χ0v) is 26.5. The summed E-state index contributed by atoms with van der Waals surface area (Å²) < 4.78 is 34.0. The highest BCUT2D eigenvalue weighted by atomic mass is 35.5.